The molecule has 1 aromatic rings. The van der Waals surface area contributed by atoms with Crippen molar-refractivity contribution < 1.29 is 77.1 Å². The number of hydrogen-bond acceptors (Lipinski definition) is 8. The van der Waals surface area contributed by atoms with Crippen molar-refractivity contribution in [3.05, 3.63) is 32.9 Å². The first-order valence-corrected chi connectivity index (χ1v) is 12.0. The summed E-state index contributed by atoms with van der Waals surface area (Å²) in [7, 11) is -13.9. The smallest absolute Gasteiger partial charge is 0.388 e. The van der Waals surface area contributed by atoms with Crippen molar-refractivity contribution in [1.29, 1.82) is 0 Å². The molecule has 0 bridgehead atoms. The Balaban J connectivity index is 0. The second kappa shape index (κ2) is 12.9. The van der Waals surface area contributed by atoms with Gasteiger partial charge < -0.3 is 59.0 Å². The number of aromatic nitrogens is 2. The van der Waals surface area contributed by atoms with E-state index in [1.807, 2.05) is 0 Å². The van der Waals surface area contributed by atoms with E-state index in [0.717, 1.165) is 0 Å². The van der Waals surface area contributed by atoms with Crippen molar-refractivity contribution in [3.63, 3.8) is 0 Å². The van der Waals surface area contributed by atoms with Crippen LogP contribution in [0.3, 0.4) is 0 Å². The quantitative estimate of drug-likeness (QED) is 0.149. The van der Waals surface area contributed by atoms with E-state index in [2.05, 4.69) is 0 Å². The Morgan fingerprint density at radius 3 is 1.50 bits per heavy atom. The second-order valence-electron chi connectivity index (χ2n) is 5.40. The molecule has 0 amide bonds. The largest absolute Gasteiger partial charge is 0.466 e. The Labute approximate surface area is 175 Å². The highest BCUT2D eigenvalue weighted by Gasteiger charge is 2.41. The van der Waals surface area contributed by atoms with Crippen LogP contribution in [0.1, 0.15) is 13.2 Å². The first-order valence-electron chi connectivity index (χ1n) is 7.29. The van der Waals surface area contributed by atoms with Crippen LogP contribution in [-0.4, -0.2) is 82.1 Å². The standard InChI is InChI=1S/C9H11FN2O5.3H3O4P/c1-3-5(13)6(14)8(17-3)12-2-4(10)7(15)11-9(12)16;3*1-5(2,3)4/h2-3,5-6,8,13-14H,1H3,(H,11,15,16);3*(H3,1,2,3,4)/t3-,5-,6-,8-;;;/m1.../s1. The minimum atomic E-state index is -4.64. The van der Waals surface area contributed by atoms with E-state index < -0.39 is 65.1 Å². The van der Waals surface area contributed by atoms with Crippen LogP contribution in [-0.2, 0) is 18.4 Å². The summed E-state index contributed by atoms with van der Waals surface area (Å²) in [5.41, 5.74) is -2.06. The molecular formula is C9H20FN2O17P3. The number of phosphoric acid groups is 3. The van der Waals surface area contributed by atoms with Crippen LogP contribution in [0, 0.1) is 5.82 Å². The monoisotopic (exact) mass is 540 g/mol. The molecular weight excluding hydrogens is 520 g/mol. The molecule has 0 unspecified atom stereocenters. The fourth-order valence-corrected chi connectivity index (χ4v) is 1.71. The molecule has 190 valence electrons. The number of aliphatic hydroxyl groups excluding tert-OH is 2. The van der Waals surface area contributed by atoms with Crippen LogP contribution in [0.25, 0.3) is 0 Å². The van der Waals surface area contributed by atoms with E-state index in [4.69, 9.17) is 62.5 Å². The third-order valence-electron chi connectivity index (χ3n) is 2.68. The number of nitrogens with one attached hydrogen (secondary N) is 1. The van der Waals surface area contributed by atoms with Gasteiger partial charge in [-0.25, -0.2) is 18.5 Å². The molecule has 0 radical (unpaired) electrons. The Morgan fingerprint density at radius 2 is 1.22 bits per heavy atom. The van der Waals surface area contributed by atoms with Crippen LogP contribution < -0.4 is 11.2 Å². The summed E-state index contributed by atoms with van der Waals surface area (Å²) in [4.78, 5) is 88.7. The summed E-state index contributed by atoms with van der Waals surface area (Å²) in [6.07, 6.45) is -3.83. The van der Waals surface area contributed by atoms with Crippen molar-refractivity contribution in [1.82, 2.24) is 9.55 Å². The Kier molecular flexibility index (Phi) is 13.3. The number of rotatable bonds is 1. The number of aliphatic hydroxyl groups is 2. The molecule has 0 aliphatic carbocycles. The fourth-order valence-electron chi connectivity index (χ4n) is 1.71. The Hall–Kier alpha value is -1.18. The highest BCUT2D eigenvalue weighted by Crippen LogP contribution is 2.28. The van der Waals surface area contributed by atoms with Gasteiger partial charge in [-0.3, -0.25) is 14.3 Å². The Bertz CT molecular complexity index is 904. The van der Waals surface area contributed by atoms with E-state index >= 15 is 0 Å². The first kappa shape index (κ1) is 33.0. The normalized spacial score (nSPS) is 23.0. The lowest BCUT2D eigenvalue weighted by molar-refractivity contribution is -0.0356. The van der Waals surface area contributed by atoms with Gasteiger partial charge in [0.25, 0.3) is 5.56 Å². The molecule has 2 rings (SSSR count). The first-order chi connectivity index (χ1) is 13.9. The van der Waals surface area contributed by atoms with Gasteiger partial charge in [0.05, 0.1) is 12.3 Å². The molecule has 0 saturated carbocycles. The van der Waals surface area contributed by atoms with Gasteiger partial charge in [0.2, 0.25) is 5.82 Å². The van der Waals surface area contributed by atoms with Gasteiger partial charge in [0.1, 0.15) is 12.2 Å². The van der Waals surface area contributed by atoms with Crippen LogP contribution >= 0.6 is 23.5 Å². The number of hydrogen-bond donors (Lipinski definition) is 12. The summed E-state index contributed by atoms with van der Waals surface area (Å²) in [6.45, 7) is 1.50. The molecule has 0 aromatic carbocycles. The van der Waals surface area contributed by atoms with Crippen molar-refractivity contribution >= 4 is 23.5 Å². The lowest BCUT2D eigenvalue weighted by atomic mass is 10.1. The summed E-state index contributed by atoms with van der Waals surface area (Å²) < 4.78 is 45.5. The van der Waals surface area contributed by atoms with E-state index in [-0.39, 0.29) is 0 Å². The lowest BCUT2D eigenvalue weighted by Gasteiger charge is -2.16. The number of H-pyrrole nitrogens is 1. The predicted molar refractivity (Wildman–Crippen MR) is 95.7 cm³/mol. The van der Waals surface area contributed by atoms with E-state index in [1.54, 1.807) is 4.98 Å². The van der Waals surface area contributed by atoms with Crippen LogP contribution in [0.15, 0.2) is 15.8 Å². The molecule has 1 aliphatic rings. The van der Waals surface area contributed by atoms with Crippen molar-refractivity contribution in [2.24, 2.45) is 0 Å². The molecule has 4 atom stereocenters. The predicted octanol–water partition coefficient (Wildman–Crippen LogP) is -4.47. The van der Waals surface area contributed by atoms with Crippen LogP contribution in [0.2, 0.25) is 0 Å². The fraction of sp³-hybridized carbons (Fsp3) is 0.556. The summed E-state index contributed by atoms with van der Waals surface area (Å²) >= 11 is 0. The third-order valence-corrected chi connectivity index (χ3v) is 2.68. The number of halogens is 1. The second-order valence-corrected chi connectivity index (χ2v) is 8.48. The molecule has 2 heterocycles. The number of ether oxygens (including phenoxy) is 1. The van der Waals surface area contributed by atoms with Crippen molar-refractivity contribution in [2.45, 2.75) is 31.5 Å². The van der Waals surface area contributed by atoms with Gasteiger partial charge in [0, 0.05) is 0 Å². The summed E-state index contributed by atoms with van der Waals surface area (Å²) in [6, 6.07) is 0. The van der Waals surface area contributed by atoms with Gasteiger partial charge in [-0.15, -0.1) is 0 Å². The topological polar surface area (TPSA) is 338 Å². The maximum atomic E-state index is 13.0. The highest BCUT2D eigenvalue weighted by molar-refractivity contribution is 7.45. The highest BCUT2D eigenvalue weighted by atomic mass is 31.2. The van der Waals surface area contributed by atoms with Gasteiger partial charge in [0.15, 0.2) is 6.23 Å². The van der Waals surface area contributed by atoms with E-state index in [9.17, 15) is 24.2 Å². The third kappa shape index (κ3) is 18.4. The zero-order valence-corrected chi connectivity index (χ0v) is 18.1. The van der Waals surface area contributed by atoms with Crippen molar-refractivity contribution in [3.8, 4) is 0 Å². The Morgan fingerprint density at radius 1 is 0.875 bits per heavy atom. The van der Waals surface area contributed by atoms with Crippen molar-refractivity contribution in [2.75, 3.05) is 0 Å². The van der Waals surface area contributed by atoms with Crippen LogP contribution in [0.4, 0.5) is 4.39 Å². The SMILES string of the molecule is C[C@H]1O[C@@H](n2cc(F)c(=O)[nH]c2=O)[C@H](O)[C@@H]1O.O=P(O)(O)O.O=P(O)(O)O.O=P(O)(O)O. The van der Waals surface area contributed by atoms with E-state index in [0.29, 0.717) is 10.8 Å². The average molecular weight is 540 g/mol. The van der Waals surface area contributed by atoms with E-state index in [1.165, 1.54) is 6.92 Å². The zero-order valence-electron chi connectivity index (χ0n) is 15.4. The summed E-state index contributed by atoms with van der Waals surface area (Å²) in [5.74, 6) is -1.17. The minimum absolute atomic E-state index is 0.639. The molecule has 1 saturated heterocycles. The molecule has 1 aliphatic heterocycles. The molecule has 1 aromatic heterocycles. The summed E-state index contributed by atoms with van der Waals surface area (Å²) in [5, 5.41) is 19.1. The molecule has 32 heavy (non-hydrogen) atoms. The lowest BCUT2D eigenvalue weighted by Crippen LogP contribution is -2.38. The molecule has 1 fully saturated rings. The molecule has 0 spiro atoms. The molecule has 19 nitrogen and oxygen atoms in total. The molecule has 12 N–H and O–H groups in total. The molecule has 23 heteroatoms. The van der Waals surface area contributed by atoms with Gasteiger partial charge in [-0.1, -0.05) is 0 Å². The van der Waals surface area contributed by atoms with Gasteiger partial charge in [-0.05, 0) is 6.92 Å². The average Bonchev–Trinajstić information content (AvgIpc) is 2.73. The van der Waals surface area contributed by atoms with Gasteiger partial charge in [-0.2, -0.15) is 4.39 Å². The zero-order chi connectivity index (χ0) is 26.2. The maximum Gasteiger partial charge on any atom is 0.466 e. The maximum absolute atomic E-state index is 13.0. The van der Waals surface area contributed by atoms with Gasteiger partial charge >= 0.3 is 29.2 Å². The van der Waals surface area contributed by atoms with Crippen LogP contribution in [0.5, 0.6) is 0 Å². The number of nitrogens with zero attached hydrogens (tertiary/aromatic N) is 1. The minimum Gasteiger partial charge on any atom is -0.388 e. The number of aromatic amines is 1.